The van der Waals surface area contributed by atoms with Crippen molar-refractivity contribution >= 4 is 11.9 Å². The van der Waals surface area contributed by atoms with Gasteiger partial charge in [-0.1, -0.05) is 50.8 Å². The normalized spacial score (nSPS) is 13.3. The standard InChI is InChI=1S/C18H27NO3/c1-5-6-7-10-14(3)16(18(21)22-4)19-17(20)15-11-8-9-13(2)12-15/h8-9,11-12,14,16H,5-7,10H2,1-4H3,(H,19,20). The van der Waals surface area contributed by atoms with E-state index in [9.17, 15) is 9.59 Å². The van der Waals surface area contributed by atoms with Gasteiger partial charge in [0.15, 0.2) is 0 Å². The third-order valence-electron chi connectivity index (χ3n) is 3.85. The molecule has 0 aliphatic carbocycles. The van der Waals surface area contributed by atoms with E-state index in [4.69, 9.17) is 4.74 Å². The van der Waals surface area contributed by atoms with E-state index in [1.165, 1.54) is 7.11 Å². The van der Waals surface area contributed by atoms with Crippen LogP contribution in [-0.4, -0.2) is 25.0 Å². The third kappa shape index (κ3) is 5.51. The van der Waals surface area contributed by atoms with Gasteiger partial charge < -0.3 is 10.1 Å². The van der Waals surface area contributed by atoms with Crippen LogP contribution < -0.4 is 5.32 Å². The van der Waals surface area contributed by atoms with E-state index >= 15 is 0 Å². The summed E-state index contributed by atoms with van der Waals surface area (Å²) in [5, 5.41) is 2.82. The Morgan fingerprint density at radius 3 is 2.59 bits per heavy atom. The maximum absolute atomic E-state index is 12.3. The van der Waals surface area contributed by atoms with Crippen LogP contribution >= 0.6 is 0 Å². The van der Waals surface area contributed by atoms with Crippen LogP contribution in [0.25, 0.3) is 0 Å². The van der Waals surface area contributed by atoms with E-state index in [0.29, 0.717) is 5.56 Å². The van der Waals surface area contributed by atoms with E-state index in [0.717, 1.165) is 31.2 Å². The van der Waals surface area contributed by atoms with Gasteiger partial charge in [-0.05, 0) is 31.4 Å². The summed E-state index contributed by atoms with van der Waals surface area (Å²) in [5.74, 6) is -0.570. The molecule has 22 heavy (non-hydrogen) atoms. The van der Waals surface area contributed by atoms with Crippen molar-refractivity contribution in [1.29, 1.82) is 0 Å². The number of nitrogens with one attached hydrogen (secondary N) is 1. The molecule has 0 heterocycles. The minimum absolute atomic E-state index is 0.0489. The number of rotatable bonds is 8. The lowest BCUT2D eigenvalue weighted by Gasteiger charge is -2.23. The van der Waals surface area contributed by atoms with Crippen LogP contribution in [-0.2, 0) is 9.53 Å². The highest BCUT2D eigenvalue weighted by Gasteiger charge is 2.27. The van der Waals surface area contributed by atoms with Crippen molar-refractivity contribution in [2.45, 2.75) is 52.5 Å². The van der Waals surface area contributed by atoms with Gasteiger partial charge in [0, 0.05) is 5.56 Å². The van der Waals surface area contributed by atoms with Crippen LogP contribution in [0.1, 0.15) is 55.5 Å². The first kappa shape index (κ1) is 18.2. The van der Waals surface area contributed by atoms with E-state index in [1.807, 2.05) is 32.0 Å². The van der Waals surface area contributed by atoms with Crippen molar-refractivity contribution in [1.82, 2.24) is 5.32 Å². The summed E-state index contributed by atoms with van der Waals surface area (Å²) in [6.45, 7) is 6.05. The number of hydrogen-bond acceptors (Lipinski definition) is 3. The zero-order chi connectivity index (χ0) is 16.5. The topological polar surface area (TPSA) is 55.4 Å². The molecule has 0 radical (unpaired) electrons. The van der Waals surface area contributed by atoms with Gasteiger partial charge in [-0.25, -0.2) is 4.79 Å². The first-order valence-electron chi connectivity index (χ1n) is 7.95. The summed E-state index contributed by atoms with van der Waals surface area (Å²) < 4.78 is 4.85. The Hall–Kier alpha value is -1.84. The second-order valence-corrected chi connectivity index (χ2v) is 5.82. The van der Waals surface area contributed by atoms with Crippen LogP contribution in [0.15, 0.2) is 24.3 Å². The van der Waals surface area contributed by atoms with Gasteiger partial charge in [0.25, 0.3) is 5.91 Å². The lowest BCUT2D eigenvalue weighted by atomic mass is 9.95. The number of benzene rings is 1. The van der Waals surface area contributed by atoms with Crippen molar-refractivity contribution in [2.24, 2.45) is 5.92 Å². The fourth-order valence-electron chi connectivity index (χ4n) is 2.45. The largest absolute Gasteiger partial charge is 0.467 e. The lowest BCUT2D eigenvalue weighted by molar-refractivity contribution is -0.144. The van der Waals surface area contributed by atoms with E-state index in [-0.39, 0.29) is 17.8 Å². The molecule has 4 nitrogen and oxygen atoms in total. The zero-order valence-electron chi connectivity index (χ0n) is 14.0. The molecule has 1 amide bonds. The SMILES string of the molecule is CCCCCC(C)C(NC(=O)c1cccc(C)c1)C(=O)OC. The Balaban J connectivity index is 2.76. The van der Waals surface area contributed by atoms with Crippen LogP contribution in [0.2, 0.25) is 0 Å². The van der Waals surface area contributed by atoms with Crippen molar-refractivity contribution in [3.8, 4) is 0 Å². The quantitative estimate of drug-likeness (QED) is 0.591. The Bertz CT molecular complexity index is 499. The van der Waals surface area contributed by atoms with E-state index < -0.39 is 6.04 Å². The van der Waals surface area contributed by atoms with Gasteiger partial charge in [-0.2, -0.15) is 0 Å². The number of carbonyl (C=O) groups is 2. The number of methoxy groups -OCH3 is 1. The number of aryl methyl sites for hydroxylation is 1. The smallest absolute Gasteiger partial charge is 0.328 e. The monoisotopic (exact) mass is 305 g/mol. The molecule has 2 unspecified atom stereocenters. The molecule has 0 spiro atoms. The van der Waals surface area contributed by atoms with Gasteiger partial charge in [-0.3, -0.25) is 4.79 Å². The molecule has 122 valence electrons. The Labute approximate surface area is 133 Å². The third-order valence-corrected chi connectivity index (χ3v) is 3.85. The average molecular weight is 305 g/mol. The predicted molar refractivity (Wildman–Crippen MR) is 87.8 cm³/mol. The summed E-state index contributed by atoms with van der Waals surface area (Å²) in [6.07, 6.45) is 4.20. The molecule has 2 atom stereocenters. The Morgan fingerprint density at radius 1 is 1.27 bits per heavy atom. The van der Waals surface area contributed by atoms with Crippen LogP contribution in [0.5, 0.6) is 0 Å². The molecular weight excluding hydrogens is 278 g/mol. The number of carbonyl (C=O) groups excluding carboxylic acids is 2. The number of amides is 1. The molecule has 0 aliphatic rings. The lowest BCUT2D eigenvalue weighted by Crippen LogP contribution is -2.45. The van der Waals surface area contributed by atoms with Crippen LogP contribution in [0.3, 0.4) is 0 Å². The summed E-state index contributed by atoms with van der Waals surface area (Å²) in [5.41, 5.74) is 1.58. The first-order chi connectivity index (χ1) is 10.5. The molecule has 0 aromatic heterocycles. The van der Waals surface area contributed by atoms with Crippen LogP contribution in [0, 0.1) is 12.8 Å². The van der Waals surface area contributed by atoms with Gasteiger partial charge in [-0.15, -0.1) is 0 Å². The maximum atomic E-state index is 12.3. The highest BCUT2D eigenvalue weighted by atomic mass is 16.5. The maximum Gasteiger partial charge on any atom is 0.328 e. The van der Waals surface area contributed by atoms with Gasteiger partial charge in [0.05, 0.1) is 7.11 Å². The summed E-state index contributed by atoms with van der Waals surface area (Å²) >= 11 is 0. The molecule has 1 rings (SSSR count). The van der Waals surface area contributed by atoms with Crippen molar-refractivity contribution in [2.75, 3.05) is 7.11 Å². The minimum atomic E-state index is -0.602. The fraction of sp³-hybridized carbons (Fsp3) is 0.556. The van der Waals surface area contributed by atoms with E-state index in [1.54, 1.807) is 6.07 Å². The number of unbranched alkanes of at least 4 members (excludes halogenated alkanes) is 2. The molecule has 0 saturated heterocycles. The van der Waals surface area contributed by atoms with Gasteiger partial charge >= 0.3 is 5.97 Å². The molecule has 0 saturated carbocycles. The Kier molecular flexibility index (Phi) is 7.64. The number of ether oxygens (including phenoxy) is 1. The molecule has 0 bridgehead atoms. The van der Waals surface area contributed by atoms with Gasteiger partial charge in [0.1, 0.15) is 6.04 Å². The highest BCUT2D eigenvalue weighted by Crippen LogP contribution is 2.15. The summed E-state index contributed by atoms with van der Waals surface area (Å²) in [4.78, 5) is 24.3. The molecule has 1 aromatic carbocycles. The highest BCUT2D eigenvalue weighted by molar-refractivity contribution is 5.97. The number of esters is 1. The molecule has 1 aromatic rings. The molecule has 0 fully saturated rings. The molecular formula is C18H27NO3. The zero-order valence-corrected chi connectivity index (χ0v) is 14.0. The average Bonchev–Trinajstić information content (AvgIpc) is 2.51. The van der Waals surface area contributed by atoms with Crippen molar-refractivity contribution in [3.05, 3.63) is 35.4 Å². The first-order valence-corrected chi connectivity index (χ1v) is 7.95. The van der Waals surface area contributed by atoms with Gasteiger partial charge in [0.2, 0.25) is 0 Å². The minimum Gasteiger partial charge on any atom is -0.467 e. The molecule has 0 aliphatic heterocycles. The number of hydrogen-bond donors (Lipinski definition) is 1. The van der Waals surface area contributed by atoms with E-state index in [2.05, 4.69) is 12.2 Å². The Morgan fingerprint density at radius 2 is 2.00 bits per heavy atom. The van der Waals surface area contributed by atoms with Crippen molar-refractivity contribution < 1.29 is 14.3 Å². The predicted octanol–water partition coefficient (Wildman–Crippen LogP) is 3.48. The molecule has 1 N–H and O–H groups in total. The van der Waals surface area contributed by atoms with Crippen LogP contribution in [0.4, 0.5) is 0 Å². The fourth-order valence-corrected chi connectivity index (χ4v) is 2.45. The summed E-state index contributed by atoms with van der Waals surface area (Å²) in [6, 6.07) is 6.73. The second-order valence-electron chi connectivity index (χ2n) is 5.82. The molecule has 4 heteroatoms. The summed E-state index contributed by atoms with van der Waals surface area (Å²) in [7, 11) is 1.35. The van der Waals surface area contributed by atoms with Crippen molar-refractivity contribution in [3.63, 3.8) is 0 Å². The second kappa shape index (κ2) is 9.23.